The number of thioether (sulfide) groups is 1. The zero-order valence-electron chi connectivity index (χ0n) is 18.0. The number of benzene rings is 1. The summed E-state index contributed by atoms with van der Waals surface area (Å²) < 4.78 is 0. The van der Waals surface area contributed by atoms with Crippen molar-refractivity contribution in [1.82, 2.24) is 9.88 Å². The second-order valence-electron chi connectivity index (χ2n) is 7.51. The molecule has 0 saturated carbocycles. The van der Waals surface area contributed by atoms with E-state index in [0.29, 0.717) is 46.2 Å². The molecule has 0 bridgehead atoms. The van der Waals surface area contributed by atoms with Crippen LogP contribution in [0.1, 0.15) is 54.9 Å². The van der Waals surface area contributed by atoms with E-state index < -0.39 is 5.97 Å². The van der Waals surface area contributed by atoms with Gasteiger partial charge in [0.25, 0.3) is 11.8 Å². The van der Waals surface area contributed by atoms with Crippen LogP contribution in [0, 0.1) is 0 Å². The number of pyridine rings is 1. The summed E-state index contributed by atoms with van der Waals surface area (Å²) in [6.45, 7) is 2.78. The standard InChI is InChI=1S/C24H23N3O4S2/c1-2-13-32-21-17(9-6-11-25-21)23(29)27-12-10-16-18(14-27)33-22(19(16)24(30)31)26-20(28)15-7-4-3-5-8-15/h3-9,11H,2,10,12-14H2,1H3,(H,26,28)(H,30,31). The highest BCUT2D eigenvalue weighted by atomic mass is 32.2. The number of fused-ring (bicyclic) bond motifs is 1. The summed E-state index contributed by atoms with van der Waals surface area (Å²) in [5, 5.41) is 13.6. The van der Waals surface area contributed by atoms with Crippen LogP contribution in [-0.4, -0.2) is 45.1 Å². The van der Waals surface area contributed by atoms with Crippen molar-refractivity contribution in [2.24, 2.45) is 0 Å². The highest BCUT2D eigenvalue weighted by molar-refractivity contribution is 7.99. The summed E-state index contributed by atoms with van der Waals surface area (Å²) in [4.78, 5) is 44.8. The van der Waals surface area contributed by atoms with Gasteiger partial charge in [-0.2, -0.15) is 0 Å². The number of hydrogen-bond acceptors (Lipinski definition) is 6. The lowest BCUT2D eigenvalue weighted by Gasteiger charge is -2.27. The zero-order valence-corrected chi connectivity index (χ0v) is 19.7. The van der Waals surface area contributed by atoms with E-state index in [-0.39, 0.29) is 17.4 Å². The lowest BCUT2D eigenvalue weighted by molar-refractivity contribution is 0.0696. The van der Waals surface area contributed by atoms with E-state index in [1.807, 2.05) is 6.07 Å². The lowest BCUT2D eigenvalue weighted by atomic mass is 10.0. The number of rotatable bonds is 7. The number of nitrogens with one attached hydrogen (secondary N) is 1. The van der Waals surface area contributed by atoms with E-state index in [9.17, 15) is 19.5 Å². The van der Waals surface area contributed by atoms with E-state index in [2.05, 4.69) is 17.2 Å². The summed E-state index contributed by atoms with van der Waals surface area (Å²) in [6, 6.07) is 12.2. The number of hydrogen-bond donors (Lipinski definition) is 2. The fourth-order valence-corrected chi connectivity index (χ4v) is 5.79. The van der Waals surface area contributed by atoms with Gasteiger partial charge in [0, 0.05) is 23.2 Å². The highest BCUT2D eigenvalue weighted by Crippen LogP contribution is 2.38. The highest BCUT2D eigenvalue weighted by Gasteiger charge is 2.31. The quantitative estimate of drug-likeness (QED) is 0.471. The summed E-state index contributed by atoms with van der Waals surface area (Å²) in [6.07, 6.45) is 3.08. The summed E-state index contributed by atoms with van der Waals surface area (Å²) >= 11 is 2.78. The van der Waals surface area contributed by atoms with Crippen LogP contribution in [0.4, 0.5) is 5.00 Å². The fourth-order valence-electron chi connectivity index (χ4n) is 3.69. The van der Waals surface area contributed by atoms with Crippen LogP contribution in [0.15, 0.2) is 53.7 Å². The molecule has 4 rings (SSSR count). The number of aromatic carboxylic acids is 1. The molecule has 1 aliphatic heterocycles. The van der Waals surface area contributed by atoms with Gasteiger partial charge in [0.2, 0.25) is 0 Å². The molecular weight excluding hydrogens is 458 g/mol. The third kappa shape index (κ3) is 4.94. The molecule has 0 spiro atoms. The van der Waals surface area contributed by atoms with Gasteiger partial charge in [0.15, 0.2) is 0 Å². The first kappa shape index (κ1) is 23.0. The molecule has 33 heavy (non-hydrogen) atoms. The van der Waals surface area contributed by atoms with E-state index >= 15 is 0 Å². The van der Waals surface area contributed by atoms with Crippen LogP contribution < -0.4 is 5.32 Å². The van der Waals surface area contributed by atoms with Gasteiger partial charge in [-0.3, -0.25) is 9.59 Å². The minimum atomic E-state index is -1.08. The van der Waals surface area contributed by atoms with Crippen LogP contribution in [0.25, 0.3) is 0 Å². The molecule has 3 aromatic rings. The molecule has 0 radical (unpaired) electrons. The Bertz CT molecular complexity index is 1190. The Morgan fingerprint density at radius 3 is 2.70 bits per heavy atom. The number of carboxylic acid groups (broad SMARTS) is 1. The predicted octanol–water partition coefficient (Wildman–Crippen LogP) is 4.79. The van der Waals surface area contributed by atoms with Crippen LogP contribution >= 0.6 is 23.1 Å². The average molecular weight is 482 g/mol. The normalized spacial score (nSPS) is 12.8. The number of amides is 2. The van der Waals surface area contributed by atoms with Crippen LogP contribution in [-0.2, 0) is 13.0 Å². The topological polar surface area (TPSA) is 99.6 Å². The number of thiophene rings is 1. The molecular formula is C24H23N3O4S2. The van der Waals surface area contributed by atoms with Crippen LogP contribution in [0.3, 0.4) is 0 Å². The van der Waals surface area contributed by atoms with Crippen molar-refractivity contribution in [2.45, 2.75) is 31.3 Å². The maximum atomic E-state index is 13.3. The van der Waals surface area contributed by atoms with Crippen molar-refractivity contribution in [3.05, 3.63) is 75.8 Å². The Kier molecular flexibility index (Phi) is 7.10. The largest absolute Gasteiger partial charge is 0.478 e. The van der Waals surface area contributed by atoms with Gasteiger partial charge in [-0.15, -0.1) is 23.1 Å². The molecule has 2 N–H and O–H groups in total. The number of carboxylic acids is 1. The van der Waals surface area contributed by atoms with Gasteiger partial charge in [0.1, 0.15) is 10.0 Å². The van der Waals surface area contributed by atoms with Crippen molar-refractivity contribution >= 4 is 45.9 Å². The number of carbonyl (C=O) groups excluding carboxylic acids is 2. The molecule has 1 aliphatic rings. The van der Waals surface area contributed by atoms with Gasteiger partial charge < -0.3 is 15.3 Å². The van der Waals surface area contributed by atoms with Crippen molar-refractivity contribution in [2.75, 3.05) is 17.6 Å². The third-order valence-corrected chi connectivity index (χ3v) is 7.61. The smallest absolute Gasteiger partial charge is 0.339 e. The molecule has 1 aromatic carbocycles. The first-order valence-electron chi connectivity index (χ1n) is 10.6. The molecule has 2 aromatic heterocycles. The van der Waals surface area contributed by atoms with Crippen LogP contribution in [0.5, 0.6) is 0 Å². The molecule has 3 heterocycles. The zero-order chi connectivity index (χ0) is 23.4. The Labute approximate surface area is 199 Å². The van der Waals surface area contributed by atoms with E-state index in [1.54, 1.807) is 59.3 Å². The first-order chi connectivity index (χ1) is 16.0. The molecule has 0 fully saturated rings. The van der Waals surface area contributed by atoms with Crippen molar-refractivity contribution in [3.63, 3.8) is 0 Å². The monoisotopic (exact) mass is 481 g/mol. The molecule has 0 atom stereocenters. The second kappa shape index (κ2) is 10.2. The molecule has 0 unspecified atom stereocenters. The van der Waals surface area contributed by atoms with Gasteiger partial charge in [-0.25, -0.2) is 9.78 Å². The maximum Gasteiger partial charge on any atom is 0.339 e. The van der Waals surface area contributed by atoms with Gasteiger partial charge in [-0.05, 0) is 48.4 Å². The minimum absolute atomic E-state index is 0.118. The SMILES string of the molecule is CCCSc1ncccc1C(=O)N1CCc2c(sc(NC(=O)c3ccccc3)c2C(=O)O)C1. The van der Waals surface area contributed by atoms with Crippen LogP contribution in [0.2, 0.25) is 0 Å². The van der Waals surface area contributed by atoms with Gasteiger partial charge >= 0.3 is 5.97 Å². The minimum Gasteiger partial charge on any atom is -0.478 e. The molecule has 0 aliphatic carbocycles. The first-order valence-corrected chi connectivity index (χ1v) is 12.4. The molecule has 2 amide bonds. The lowest BCUT2D eigenvalue weighted by Crippen LogP contribution is -2.36. The molecule has 7 nitrogen and oxygen atoms in total. The third-order valence-electron chi connectivity index (χ3n) is 5.27. The van der Waals surface area contributed by atoms with E-state index in [4.69, 9.17) is 0 Å². The fraction of sp³-hybridized carbons (Fsp3) is 0.250. The maximum absolute atomic E-state index is 13.3. The van der Waals surface area contributed by atoms with E-state index in [0.717, 1.165) is 17.1 Å². The number of nitrogens with zero attached hydrogens (tertiary/aromatic N) is 2. The number of anilines is 1. The second-order valence-corrected chi connectivity index (χ2v) is 9.70. The Morgan fingerprint density at radius 1 is 1.18 bits per heavy atom. The number of aromatic nitrogens is 1. The Balaban J connectivity index is 1.58. The summed E-state index contributed by atoms with van der Waals surface area (Å²) in [5.41, 5.74) is 1.82. The van der Waals surface area contributed by atoms with E-state index in [1.165, 1.54) is 11.3 Å². The van der Waals surface area contributed by atoms with Gasteiger partial charge in [0.05, 0.1) is 17.7 Å². The molecule has 170 valence electrons. The Hall–Kier alpha value is -3.17. The van der Waals surface area contributed by atoms with Crippen molar-refractivity contribution in [3.8, 4) is 0 Å². The molecule has 0 saturated heterocycles. The predicted molar refractivity (Wildman–Crippen MR) is 129 cm³/mol. The summed E-state index contributed by atoms with van der Waals surface area (Å²) in [5.74, 6) is -0.690. The van der Waals surface area contributed by atoms with Crippen molar-refractivity contribution < 1.29 is 19.5 Å². The molecule has 9 heteroatoms. The Morgan fingerprint density at radius 2 is 1.97 bits per heavy atom. The average Bonchev–Trinajstić information content (AvgIpc) is 3.20. The summed E-state index contributed by atoms with van der Waals surface area (Å²) in [7, 11) is 0. The number of carbonyl (C=O) groups is 3. The van der Waals surface area contributed by atoms with Crippen molar-refractivity contribution in [1.29, 1.82) is 0 Å². The van der Waals surface area contributed by atoms with Gasteiger partial charge in [-0.1, -0.05) is 25.1 Å².